The van der Waals surface area contributed by atoms with Crippen molar-refractivity contribution in [2.24, 2.45) is 0 Å². The number of aromatic nitrogens is 2. The number of fused-ring (bicyclic) bond motifs is 8. The van der Waals surface area contributed by atoms with Gasteiger partial charge in [-0.1, -0.05) is 83.7 Å². The van der Waals surface area contributed by atoms with Crippen molar-refractivity contribution >= 4 is 72.5 Å². The number of hydrogen-bond donors (Lipinski definition) is 0. The van der Waals surface area contributed by atoms with Crippen molar-refractivity contribution in [3.8, 4) is 5.82 Å². The van der Waals surface area contributed by atoms with Gasteiger partial charge in [-0.25, -0.2) is 4.98 Å². The zero-order chi connectivity index (χ0) is 32.1. The van der Waals surface area contributed by atoms with Gasteiger partial charge in [0.05, 0.1) is 28.1 Å². The average molecular weight is 622 g/mol. The fourth-order valence-corrected chi connectivity index (χ4v) is 7.81. The third-order valence-corrected chi connectivity index (χ3v) is 10.1. The van der Waals surface area contributed by atoms with Gasteiger partial charge in [0, 0.05) is 39.2 Å². The van der Waals surface area contributed by atoms with Crippen molar-refractivity contribution in [1.82, 2.24) is 9.55 Å². The lowest BCUT2D eigenvalue weighted by Crippen LogP contribution is -2.30. The summed E-state index contributed by atoms with van der Waals surface area (Å²) in [6, 6.07) is 44.6. The van der Waals surface area contributed by atoms with Gasteiger partial charge in [-0.15, -0.1) is 0 Å². The molecule has 0 atom stereocenters. The molecule has 6 nitrogen and oxygen atoms in total. The first kappa shape index (κ1) is 26.9. The molecule has 3 aromatic heterocycles. The fourth-order valence-electron chi connectivity index (χ4n) is 7.81. The summed E-state index contributed by atoms with van der Waals surface area (Å²) in [5, 5.41) is 4.58. The molecule has 0 saturated heterocycles. The van der Waals surface area contributed by atoms with Crippen molar-refractivity contribution in [2.45, 2.75) is 19.3 Å². The van der Waals surface area contributed by atoms with Crippen LogP contribution in [0, 0.1) is 0 Å². The normalized spacial score (nSPS) is 14.9. The van der Waals surface area contributed by atoms with Gasteiger partial charge in [-0.3, -0.25) is 4.57 Å². The maximum atomic E-state index is 6.54. The first-order valence-corrected chi connectivity index (χ1v) is 16.3. The second kappa shape index (κ2) is 9.64. The van der Waals surface area contributed by atoms with Gasteiger partial charge in [0.2, 0.25) is 11.8 Å². The predicted octanol–water partition coefficient (Wildman–Crippen LogP) is 10.1. The summed E-state index contributed by atoms with van der Waals surface area (Å²) in [6.07, 6.45) is 5.90. The van der Waals surface area contributed by atoms with Crippen molar-refractivity contribution in [3.05, 3.63) is 145 Å². The fraction of sp³-hybridized carbons (Fsp3) is 0.0952. The van der Waals surface area contributed by atoms with Crippen LogP contribution in [0.15, 0.2) is 138 Å². The molecule has 10 rings (SSSR count). The van der Waals surface area contributed by atoms with E-state index in [1.54, 1.807) is 0 Å². The van der Waals surface area contributed by atoms with Crippen molar-refractivity contribution in [2.75, 3.05) is 11.9 Å². The number of para-hydroxylation sites is 3. The predicted molar refractivity (Wildman–Crippen MR) is 193 cm³/mol. The Hall–Kier alpha value is -6.23. The van der Waals surface area contributed by atoms with Gasteiger partial charge in [0.1, 0.15) is 11.4 Å². The van der Waals surface area contributed by atoms with Crippen LogP contribution in [0.5, 0.6) is 0 Å². The first-order chi connectivity index (χ1) is 23.5. The van der Waals surface area contributed by atoms with E-state index in [0.29, 0.717) is 0 Å². The highest BCUT2D eigenvalue weighted by molar-refractivity contribution is 6.13. The van der Waals surface area contributed by atoms with Gasteiger partial charge >= 0.3 is 6.01 Å². The second-order valence-electron chi connectivity index (χ2n) is 13.2. The van der Waals surface area contributed by atoms with Crippen LogP contribution in [0.25, 0.3) is 49.6 Å². The summed E-state index contributed by atoms with van der Waals surface area (Å²) in [7, 11) is 1.99. The molecule has 0 spiro atoms. The molecule has 48 heavy (non-hydrogen) atoms. The van der Waals surface area contributed by atoms with Gasteiger partial charge in [-0.2, -0.15) is 0 Å². The standard InChI is InChI=1S/C42H31N5O/c1-42(2)32-14-6-8-16-35(32)46(27-22-31-29-13-5-9-17-39(29)48-41(31)38(23-27)45-21-20-44(3)26-45)37-25-36-30(24-33(37)42)28-12-4-7-15-34(28)47(36)40-18-10-11-19-43-40/h4-25H,1-3H3/q+2. The zero-order valence-electron chi connectivity index (χ0n) is 26.8. The smallest absolute Gasteiger partial charge is 0.449 e. The summed E-state index contributed by atoms with van der Waals surface area (Å²) < 4.78 is 12.8. The molecule has 0 aliphatic carbocycles. The molecule has 8 aromatic rings. The minimum absolute atomic E-state index is 0.248. The number of anilines is 3. The van der Waals surface area contributed by atoms with Gasteiger partial charge in [-0.05, 0) is 59.7 Å². The van der Waals surface area contributed by atoms with Crippen molar-refractivity contribution in [3.63, 3.8) is 0 Å². The molecule has 5 aromatic carbocycles. The summed E-state index contributed by atoms with van der Waals surface area (Å²) in [5.41, 5.74) is 10.6. The molecule has 0 amide bonds. The van der Waals surface area contributed by atoms with Crippen molar-refractivity contribution in [1.29, 1.82) is 0 Å². The average Bonchev–Trinajstić information content (AvgIpc) is 3.81. The molecule has 0 unspecified atom stereocenters. The van der Waals surface area contributed by atoms with E-state index < -0.39 is 0 Å². The molecule has 0 radical (unpaired) electrons. The van der Waals surface area contributed by atoms with Crippen molar-refractivity contribution < 1.29 is 13.6 Å². The molecular weight excluding hydrogens is 590 g/mol. The summed E-state index contributed by atoms with van der Waals surface area (Å²) in [4.78, 5) is 7.24. The molecule has 0 bridgehead atoms. The summed E-state index contributed by atoms with van der Waals surface area (Å²) >= 11 is 0. The highest BCUT2D eigenvalue weighted by atomic mass is 16.3. The molecular formula is C42H31N5O+2. The SMILES string of the molecule is C[N+]1=C=[N+](c2cc(N3c4ccccc4C(C)(C)c4cc5c6ccccc6n(-c6ccccn6)c5cc43)cc3c2oc2ccccc23)C=C1. The minimum atomic E-state index is -0.248. The Bertz CT molecular complexity index is 2760. The number of pyridine rings is 1. The van der Waals surface area contributed by atoms with Crippen LogP contribution < -0.4 is 4.90 Å². The molecule has 2 aliphatic rings. The van der Waals surface area contributed by atoms with E-state index in [2.05, 4.69) is 126 Å². The molecule has 0 saturated carbocycles. The largest absolute Gasteiger partial charge is 0.495 e. The van der Waals surface area contributed by atoms with E-state index in [-0.39, 0.29) is 5.41 Å². The van der Waals surface area contributed by atoms with E-state index >= 15 is 0 Å². The topological polar surface area (TPSA) is 40.2 Å². The highest BCUT2D eigenvalue weighted by Gasteiger charge is 2.39. The van der Waals surface area contributed by atoms with E-state index in [4.69, 9.17) is 9.40 Å². The lowest BCUT2D eigenvalue weighted by Gasteiger charge is -2.42. The quantitative estimate of drug-likeness (QED) is 0.184. The third-order valence-electron chi connectivity index (χ3n) is 10.1. The van der Waals surface area contributed by atoms with Crippen LogP contribution in [-0.4, -0.2) is 31.8 Å². The summed E-state index contributed by atoms with van der Waals surface area (Å²) in [6.45, 7) is 4.69. The van der Waals surface area contributed by atoms with Crippen LogP contribution in [-0.2, 0) is 5.41 Å². The van der Waals surface area contributed by atoms with Crippen LogP contribution in [0.2, 0.25) is 0 Å². The Morgan fingerprint density at radius 1 is 0.688 bits per heavy atom. The Kier molecular flexibility index (Phi) is 5.41. The molecule has 228 valence electrons. The first-order valence-electron chi connectivity index (χ1n) is 16.3. The summed E-state index contributed by atoms with van der Waals surface area (Å²) in [5.74, 6) is 0.898. The van der Waals surface area contributed by atoms with Crippen LogP contribution in [0.1, 0.15) is 25.0 Å². The molecule has 0 N–H and O–H groups in total. The molecule has 5 heterocycles. The second-order valence-corrected chi connectivity index (χ2v) is 13.2. The Morgan fingerprint density at radius 3 is 2.31 bits per heavy atom. The van der Waals surface area contributed by atoms with Crippen LogP contribution in [0.4, 0.5) is 22.7 Å². The number of rotatable bonds is 3. The lowest BCUT2D eigenvalue weighted by molar-refractivity contribution is -0.429. The number of hydrogen-bond acceptors (Lipinski definition) is 3. The van der Waals surface area contributed by atoms with Crippen LogP contribution >= 0.6 is 0 Å². The third kappa shape index (κ3) is 3.66. The number of furan rings is 1. The minimum Gasteiger partial charge on any atom is -0.449 e. The zero-order valence-corrected chi connectivity index (χ0v) is 26.8. The van der Waals surface area contributed by atoms with Gasteiger partial charge in [0.15, 0.2) is 7.05 Å². The maximum Gasteiger partial charge on any atom is 0.495 e. The monoisotopic (exact) mass is 621 g/mol. The number of nitrogens with zero attached hydrogens (tertiary/aromatic N) is 5. The Morgan fingerprint density at radius 2 is 1.48 bits per heavy atom. The van der Waals surface area contributed by atoms with E-state index in [1.165, 1.54) is 21.9 Å². The molecule has 6 heteroatoms. The molecule has 2 aliphatic heterocycles. The van der Waals surface area contributed by atoms with Gasteiger partial charge in [0.25, 0.3) is 11.9 Å². The van der Waals surface area contributed by atoms with E-state index in [0.717, 1.165) is 61.5 Å². The van der Waals surface area contributed by atoms with E-state index in [9.17, 15) is 0 Å². The molecule has 0 fully saturated rings. The van der Waals surface area contributed by atoms with E-state index in [1.807, 2.05) is 53.0 Å². The van der Waals surface area contributed by atoms with Gasteiger partial charge < -0.3 is 9.32 Å². The van der Waals surface area contributed by atoms with Crippen LogP contribution in [0.3, 0.4) is 0 Å². The Balaban J connectivity index is 1.34. The lowest BCUT2D eigenvalue weighted by atomic mass is 9.73. The highest BCUT2D eigenvalue weighted by Crippen LogP contribution is 2.54. The number of benzene rings is 5. The Labute approximate surface area is 277 Å². The maximum absolute atomic E-state index is 6.54.